The first kappa shape index (κ1) is 13.4. The molecule has 1 unspecified atom stereocenters. The quantitative estimate of drug-likeness (QED) is 0.593. The van der Waals surface area contributed by atoms with E-state index < -0.39 is 11.5 Å². The van der Waals surface area contributed by atoms with E-state index in [1.807, 2.05) is 30.3 Å². The number of hydrogen-bond acceptors (Lipinski definition) is 3. The van der Waals surface area contributed by atoms with Crippen molar-refractivity contribution in [2.24, 2.45) is 5.41 Å². The molecule has 0 aliphatic carbocycles. The van der Waals surface area contributed by atoms with Crippen LogP contribution >= 0.6 is 0 Å². The molecule has 0 heterocycles. The second-order valence-corrected chi connectivity index (χ2v) is 5.02. The number of aldehydes is 1. The average Bonchev–Trinajstić information content (AvgIpc) is 2.28. The molecule has 0 N–H and O–H groups in total. The molecule has 0 aliphatic heterocycles. The lowest BCUT2D eigenvalue weighted by Gasteiger charge is -2.20. The van der Waals surface area contributed by atoms with E-state index in [0.717, 1.165) is 5.56 Å². The van der Waals surface area contributed by atoms with Crippen molar-refractivity contribution in [3.05, 3.63) is 35.9 Å². The second-order valence-electron chi connectivity index (χ2n) is 5.02. The molecule has 0 bridgehead atoms. The van der Waals surface area contributed by atoms with Gasteiger partial charge in [-0.05, 0) is 26.3 Å². The van der Waals surface area contributed by atoms with Crippen LogP contribution in [0.4, 0.5) is 0 Å². The monoisotopic (exact) mass is 234 g/mol. The van der Waals surface area contributed by atoms with Gasteiger partial charge < -0.3 is 4.74 Å². The number of benzene rings is 1. The van der Waals surface area contributed by atoms with Crippen LogP contribution in [0.3, 0.4) is 0 Å². The Morgan fingerprint density at radius 3 is 2.35 bits per heavy atom. The first-order valence-corrected chi connectivity index (χ1v) is 5.64. The van der Waals surface area contributed by atoms with E-state index in [0.29, 0.717) is 12.7 Å². The first-order valence-electron chi connectivity index (χ1n) is 5.64. The van der Waals surface area contributed by atoms with Gasteiger partial charge in [-0.25, -0.2) is 0 Å². The van der Waals surface area contributed by atoms with Gasteiger partial charge in [0.2, 0.25) is 0 Å². The Hall–Kier alpha value is -1.64. The predicted octanol–water partition coefficient (Wildman–Crippen LogP) is 2.39. The highest BCUT2D eigenvalue weighted by atomic mass is 16.5. The Morgan fingerprint density at radius 2 is 1.88 bits per heavy atom. The van der Waals surface area contributed by atoms with E-state index in [4.69, 9.17) is 4.74 Å². The number of rotatable bonds is 4. The maximum atomic E-state index is 11.6. The van der Waals surface area contributed by atoms with Crippen molar-refractivity contribution < 1.29 is 14.3 Å². The van der Waals surface area contributed by atoms with Crippen LogP contribution < -0.4 is 0 Å². The Kier molecular flexibility index (Phi) is 4.44. The largest absolute Gasteiger partial charge is 0.454 e. The summed E-state index contributed by atoms with van der Waals surface area (Å²) >= 11 is 0. The van der Waals surface area contributed by atoms with Gasteiger partial charge in [0.05, 0.1) is 5.41 Å². The lowest BCUT2D eigenvalue weighted by molar-refractivity contribution is -0.160. The van der Waals surface area contributed by atoms with E-state index in [-0.39, 0.29) is 5.97 Å². The molecule has 17 heavy (non-hydrogen) atoms. The maximum absolute atomic E-state index is 11.6. The minimum absolute atomic E-state index is 0.356. The molecule has 1 atom stereocenters. The average molecular weight is 234 g/mol. The standard InChI is InChI=1S/C14H18O3/c1-14(2,3)13(16)17-12(10-15)9-11-7-5-4-6-8-11/h4-8,10,12H,9H2,1-3H3. The van der Waals surface area contributed by atoms with Crippen molar-refractivity contribution in [1.29, 1.82) is 0 Å². The second kappa shape index (κ2) is 5.62. The lowest BCUT2D eigenvalue weighted by Crippen LogP contribution is -2.30. The van der Waals surface area contributed by atoms with Gasteiger partial charge in [0.15, 0.2) is 12.4 Å². The van der Waals surface area contributed by atoms with Gasteiger partial charge >= 0.3 is 5.97 Å². The molecule has 3 nitrogen and oxygen atoms in total. The highest BCUT2D eigenvalue weighted by Crippen LogP contribution is 2.17. The van der Waals surface area contributed by atoms with Gasteiger partial charge in [0, 0.05) is 6.42 Å². The van der Waals surface area contributed by atoms with Crippen molar-refractivity contribution in [2.45, 2.75) is 33.3 Å². The fourth-order valence-corrected chi connectivity index (χ4v) is 1.28. The summed E-state index contributed by atoms with van der Waals surface area (Å²) in [6.45, 7) is 5.29. The van der Waals surface area contributed by atoms with Crippen molar-refractivity contribution in [1.82, 2.24) is 0 Å². The van der Waals surface area contributed by atoms with Crippen LogP contribution in [0, 0.1) is 5.41 Å². The van der Waals surface area contributed by atoms with Crippen LogP contribution in [0.25, 0.3) is 0 Å². The third kappa shape index (κ3) is 4.39. The van der Waals surface area contributed by atoms with Gasteiger partial charge in [-0.15, -0.1) is 0 Å². The summed E-state index contributed by atoms with van der Waals surface area (Å²) in [5.41, 5.74) is 0.393. The molecule has 0 radical (unpaired) electrons. The molecule has 3 heteroatoms. The Balaban J connectivity index is 2.62. The molecular weight excluding hydrogens is 216 g/mol. The number of carbonyl (C=O) groups is 2. The summed E-state index contributed by atoms with van der Waals surface area (Å²) in [7, 11) is 0. The highest BCUT2D eigenvalue weighted by Gasteiger charge is 2.26. The van der Waals surface area contributed by atoms with Gasteiger partial charge in [0.25, 0.3) is 0 Å². The fraction of sp³-hybridized carbons (Fsp3) is 0.429. The van der Waals surface area contributed by atoms with Crippen molar-refractivity contribution in [3.8, 4) is 0 Å². The number of esters is 1. The third-order valence-electron chi connectivity index (χ3n) is 2.30. The molecule has 0 aliphatic rings. The first-order chi connectivity index (χ1) is 7.93. The van der Waals surface area contributed by atoms with Crippen molar-refractivity contribution in [2.75, 3.05) is 0 Å². The zero-order valence-electron chi connectivity index (χ0n) is 10.5. The number of ether oxygens (including phenoxy) is 1. The molecule has 0 fully saturated rings. The van der Waals surface area contributed by atoms with Crippen LogP contribution in [-0.2, 0) is 20.7 Å². The zero-order chi connectivity index (χ0) is 12.9. The minimum Gasteiger partial charge on any atom is -0.454 e. The molecule has 1 aromatic carbocycles. The minimum atomic E-state index is -0.705. The summed E-state index contributed by atoms with van der Waals surface area (Å²) in [5, 5.41) is 0. The van der Waals surface area contributed by atoms with Crippen molar-refractivity contribution >= 4 is 12.3 Å². The molecule has 92 valence electrons. The summed E-state index contributed by atoms with van der Waals surface area (Å²) in [6, 6.07) is 9.50. The zero-order valence-corrected chi connectivity index (χ0v) is 10.5. The van der Waals surface area contributed by atoms with Crippen molar-refractivity contribution in [3.63, 3.8) is 0 Å². The summed E-state index contributed by atoms with van der Waals surface area (Å²) in [5.74, 6) is -0.356. The summed E-state index contributed by atoms with van der Waals surface area (Å²) in [4.78, 5) is 22.5. The third-order valence-corrected chi connectivity index (χ3v) is 2.30. The Morgan fingerprint density at radius 1 is 1.29 bits per heavy atom. The Labute approximate surface area is 102 Å². The number of hydrogen-bond donors (Lipinski definition) is 0. The summed E-state index contributed by atoms with van der Waals surface area (Å²) < 4.78 is 5.16. The molecule has 1 rings (SSSR count). The van der Waals surface area contributed by atoms with Gasteiger partial charge in [0.1, 0.15) is 0 Å². The molecule has 0 saturated heterocycles. The van der Waals surface area contributed by atoms with E-state index in [1.54, 1.807) is 20.8 Å². The topological polar surface area (TPSA) is 43.4 Å². The summed E-state index contributed by atoms with van der Waals surface area (Å²) in [6.07, 6.45) is 0.395. The molecule has 1 aromatic rings. The van der Waals surface area contributed by atoms with Crippen LogP contribution in [0.1, 0.15) is 26.3 Å². The molecule has 0 amide bonds. The lowest BCUT2D eigenvalue weighted by atomic mass is 9.97. The van der Waals surface area contributed by atoms with Gasteiger partial charge in [-0.2, -0.15) is 0 Å². The normalized spacial score (nSPS) is 12.9. The highest BCUT2D eigenvalue weighted by molar-refractivity contribution is 5.77. The molecule has 0 aromatic heterocycles. The predicted molar refractivity (Wildman–Crippen MR) is 65.5 cm³/mol. The molecular formula is C14H18O3. The fourth-order valence-electron chi connectivity index (χ4n) is 1.28. The smallest absolute Gasteiger partial charge is 0.311 e. The van der Waals surface area contributed by atoms with E-state index in [9.17, 15) is 9.59 Å². The van der Waals surface area contributed by atoms with Crippen LogP contribution in [0.5, 0.6) is 0 Å². The SMILES string of the molecule is CC(C)(C)C(=O)OC(C=O)Cc1ccccc1. The Bertz CT molecular complexity index is 376. The maximum Gasteiger partial charge on any atom is 0.311 e. The molecule has 0 saturated carbocycles. The van der Waals surface area contributed by atoms with Gasteiger partial charge in [-0.1, -0.05) is 30.3 Å². The van der Waals surface area contributed by atoms with E-state index in [2.05, 4.69) is 0 Å². The molecule has 0 spiro atoms. The van der Waals surface area contributed by atoms with Crippen LogP contribution in [0.15, 0.2) is 30.3 Å². The van der Waals surface area contributed by atoms with E-state index >= 15 is 0 Å². The van der Waals surface area contributed by atoms with Crippen LogP contribution in [0.2, 0.25) is 0 Å². The van der Waals surface area contributed by atoms with Gasteiger partial charge in [-0.3, -0.25) is 9.59 Å². The number of carbonyl (C=O) groups excluding carboxylic acids is 2. The van der Waals surface area contributed by atoms with Crippen LogP contribution in [-0.4, -0.2) is 18.4 Å². The van der Waals surface area contributed by atoms with E-state index in [1.165, 1.54) is 0 Å².